The standard InChI is InChI=1S/C19H19NO4S/c1-14(19(22)20-16-10-6-7-11-17(16)23-2)24-18(21)12-13-25-15-8-4-3-5-9-15/h3-14H,1-2H3,(H,20,22)/b13-12+/t14-/m0/s1. The van der Waals surface area contributed by atoms with Crippen molar-refractivity contribution in [1.29, 1.82) is 0 Å². The van der Waals surface area contributed by atoms with Crippen molar-refractivity contribution in [3.05, 3.63) is 66.1 Å². The molecule has 6 heteroatoms. The Labute approximate surface area is 151 Å². The summed E-state index contributed by atoms with van der Waals surface area (Å²) in [5.41, 5.74) is 0.521. The smallest absolute Gasteiger partial charge is 0.332 e. The number of hydrogen-bond donors (Lipinski definition) is 1. The Morgan fingerprint density at radius 1 is 1.08 bits per heavy atom. The molecule has 0 saturated carbocycles. The Morgan fingerprint density at radius 2 is 1.76 bits per heavy atom. The molecule has 0 aromatic heterocycles. The highest BCUT2D eigenvalue weighted by Crippen LogP contribution is 2.23. The van der Waals surface area contributed by atoms with E-state index in [1.54, 1.807) is 29.7 Å². The van der Waals surface area contributed by atoms with Crippen LogP contribution >= 0.6 is 11.8 Å². The van der Waals surface area contributed by atoms with E-state index in [4.69, 9.17) is 9.47 Å². The van der Waals surface area contributed by atoms with Crippen molar-refractivity contribution in [2.24, 2.45) is 0 Å². The summed E-state index contributed by atoms with van der Waals surface area (Å²) in [4.78, 5) is 24.9. The van der Waals surface area contributed by atoms with E-state index in [1.807, 2.05) is 30.3 Å². The highest BCUT2D eigenvalue weighted by Gasteiger charge is 2.17. The van der Waals surface area contributed by atoms with Crippen LogP contribution in [0.4, 0.5) is 5.69 Å². The van der Waals surface area contributed by atoms with Gasteiger partial charge in [0.25, 0.3) is 5.91 Å². The van der Waals surface area contributed by atoms with Crippen LogP contribution in [0.1, 0.15) is 6.92 Å². The van der Waals surface area contributed by atoms with Crippen molar-refractivity contribution in [2.45, 2.75) is 17.9 Å². The van der Waals surface area contributed by atoms with Gasteiger partial charge in [-0.25, -0.2) is 4.79 Å². The van der Waals surface area contributed by atoms with Crippen molar-refractivity contribution < 1.29 is 19.1 Å². The average molecular weight is 357 g/mol. The number of carbonyl (C=O) groups is 2. The minimum atomic E-state index is -0.927. The molecule has 130 valence electrons. The average Bonchev–Trinajstić information content (AvgIpc) is 2.63. The Balaban J connectivity index is 1.84. The Hall–Kier alpha value is -2.73. The fourth-order valence-electron chi connectivity index (χ4n) is 1.92. The zero-order valence-electron chi connectivity index (χ0n) is 14.0. The number of methoxy groups -OCH3 is 1. The van der Waals surface area contributed by atoms with Gasteiger partial charge in [-0.2, -0.15) is 0 Å². The predicted octanol–water partition coefficient (Wildman–Crippen LogP) is 3.87. The van der Waals surface area contributed by atoms with Crippen molar-refractivity contribution in [2.75, 3.05) is 12.4 Å². The van der Waals surface area contributed by atoms with E-state index in [2.05, 4.69) is 5.32 Å². The van der Waals surface area contributed by atoms with E-state index in [1.165, 1.54) is 31.9 Å². The first-order chi connectivity index (χ1) is 12.1. The van der Waals surface area contributed by atoms with Crippen LogP contribution in [0.5, 0.6) is 5.75 Å². The second-order valence-electron chi connectivity index (χ2n) is 5.00. The topological polar surface area (TPSA) is 64.6 Å². The van der Waals surface area contributed by atoms with Gasteiger partial charge in [0.2, 0.25) is 0 Å². The van der Waals surface area contributed by atoms with Gasteiger partial charge in [0.1, 0.15) is 5.75 Å². The van der Waals surface area contributed by atoms with Gasteiger partial charge in [0.15, 0.2) is 6.10 Å². The Kier molecular flexibility index (Phi) is 7.10. The van der Waals surface area contributed by atoms with Gasteiger partial charge >= 0.3 is 5.97 Å². The number of ether oxygens (including phenoxy) is 2. The van der Waals surface area contributed by atoms with E-state index >= 15 is 0 Å². The second kappa shape index (κ2) is 9.54. The third-order valence-corrected chi connectivity index (χ3v) is 3.99. The molecule has 0 fully saturated rings. The van der Waals surface area contributed by atoms with Gasteiger partial charge in [-0.3, -0.25) is 4.79 Å². The minimum Gasteiger partial charge on any atom is -0.495 e. The molecule has 0 heterocycles. The largest absolute Gasteiger partial charge is 0.495 e. The van der Waals surface area contributed by atoms with E-state index < -0.39 is 18.0 Å². The second-order valence-corrected chi connectivity index (χ2v) is 5.98. The predicted molar refractivity (Wildman–Crippen MR) is 98.6 cm³/mol. The summed E-state index contributed by atoms with van der Waals surface area (Å²) < 4.78 is 10.3. The molecule has 0 aliphatic carbocycles. The molecule has 0 unspecified atom stereocenters. The quantitative estimate of drug-likeness (QED) is 0.463. The van der Waals surface area contributed by atoms with E-state index in [-0.39, 0.29) is 0 Å². The highest BCUT2D eigenvalue weighted by molar-refractivity contribution is 8.02. The molecular weight excluding hydrogens is 338 g/mol. The number of para-hydroxylation sites is 2. The number of amides is 1. The summed E-state index contributed by atoms with van der Waals surface area (Å²) in [6.07, 6.45) is 0.369. The molecule has 1 atom stereocenters. The first-order valence-corrected chi connectivity index (χ1v) is 8.51. The molecule has 25 heavy (non-hydrogen) atoms. The molecule has 1 amide bonds. The molecule has 0 aliphatic heterocycles. The maximum atomic E-state index is 12.1. The number of thioether (sulfide) groups is 1. The van der Waals surface area contributed by atoms with Gasteiger partial charge in [0, 0.05) is 11.0 Å². The summed E-state index contributed by atoms with van der Waals surface area (Å²) >= 11 is 1.39. The molecule has 0 bridgehead atoms. The van der Waals surface area contributed by atoms with Crippen molar-refractivity contribution in [3.8, 4) is 5.75 Å². The maximum Gasteiger partial charge on any atom is 0.332 e. The normalized spacial score (nSPS) is 11.8. The number of anilines is 1. The molecule has 2 aromatic carbocycles. The van der Waals surface area contributed by atoms with Crippen LogP contribution in [0.3, 0.4) is 0 Å². The molecular formula is C19H19NO4S. The zero-order chi connectivity index (χ0) is 18.1. The summed E-state index contributed by atoms with van der Waals surface area (Å²) in [5, 5.41) is 4.31. The number of benzene rings is 2. The maximum absolute atomic E-state index is 12.1. The molecule has 1 N–H and O–H groups in total. The summed E-state index contributed by atoms with van der Waals surface area (Å²) in [6.45, 7) is 1.51. The van der Waals surface area contributed by atoms with Crippen LogP contribution in [0, 0.1) is 0 Å². The van der Waals surface area contributed by atoms with Crippen LogP contribution in [-0.2, 0) is 14.3 Å². The molecule has 0 aliphatic rings. The first kappa shape index (κ1) is 18.6. The molecule has 2 aromatic rings. The summed E-state index contributed by atoms with van der Waals surface area (Å²) in [5.74, 6) is -0.471. The SMILES string of the molecule is COc1ccccc1NC(=O)[C@H](C)OC(=O)/C=C/Sc1ccccc1. The third-order valence-electron chi connectivity index (χ3n) is 3.18. The van der Waals surface area contributed by atoms with E-state index in [0.717, 1.165) is 4.90 Å². The lowest BCUT2D eigenvalue weighted by molar-refractivity contribution is -0.148. The third kappa shape index (κ3) is 6.00. The van der Waals surface area contributed by atoms with Crippen molar-refractivity contribution >= 4 is 29.3 Å². The fourth-order valence-corrected chi connectivity index (χ4v) is 2.57. The van der Waals surface area contributed by atoms with E-state index in [9.17, 15) is 9.59 Å². The van der Waals surface area contributed by atoms with Crippen LogP contribution in [-0.4, -0.2) is 25.1 Å². The van der Waals surface area contributed by atoms with Crippen molar-refractivity contribution in [1.82, 2.24) is 0 Å². The number of rotatable bonds is 7. The lowest BCUT2D eigenvalue weighted by Crippen LogP contribution is -2.29. The van der Waals surface area contributed by atoms with Gasteiger partial charge < -0.3 is 14.8 Å². The van der Waals surface area contributed by atoms with Gasteiger partial charge in [-0.1, -0.05) is 42.1 Å². The van der Waals surface area contributed by atoms with Gasteiger partial charge in [-0.05, 0) is 36.6 Å². The zero-order valence-corrected chi connectivity index (χ0v) is 14.8. The number of hydrogen-bond acceptors (Lipinski definition) is 5. The number of carbonyl (C=O) groups excluding carboxylic acids is 2. The molecule has 0 saturated heterocycles. The van der Waals surface area contributed by atoms with Gasteiger partial charge in [-0.15, -0.1) is 0 Å². The molecule has 0 radical (unpaired) electrons. The van der Waals surface area contributed by atoms with Crippen molar-refractivity contribution in [3.63, 3.8) is 0 Å². The Bertz CT molecular complexity index is 746. The minimum absolute atomic E-state index is 0.429. The monoisotopic (exact) mass is 357 g/mol. The lowest BCUT2D eigenvalue weighted by Gasteiger charge is -2.14. The number of nitrogens with one attached hydrogen (secondary N) is 1. The number of esters is 1. The molecule has 5 nitrogen and oxygen atoms in total. The summed E-state index contributed by atoms with van der Waals surface area (Å²) in [6, 6.07) is 16.6. The van der Waals surface area contributed by atoms with Crippen LogP contribution in [0.15, 0.2) is 71.0 Å². The first-order valence-electron chi connectivity index (χ1n) is 7.63. The van der Waals surface area contributed by atoms with Gasteiger partial charge in [0.05, 0.1) is 12.8 Å². The van der Waals surface area contributed by atoms with Crippen LogP contribution in [0.25, 0.3) is 0 Å². The summed E-state index contributed by atoms with van der Waals surface area (Å²) in [7, 11) is 1.52. The van der Waals surface area contributed by atoms with E-state index in [0.29, 0.717) is 11.4 Å². The lowest BCUT2D eigenvalue weighted by atomic mass is 10.2. The van der Waals surface area contributed by atoms with Crippen LogP contribution in [0.2, 0.25) is 0 Å². The molecule has 2 rings (SSSR count). The fraction of sp³-hybridized carbons (Fsp3) is 0.158. The molecule has 0 spiro atoms. The van der Waals surface area contributed by atoms with Crippen LogP contribution < -0.4 is 10.1 Å². The Morgan fingerprint density at radius 3 is 2.48 bits per heavy atom. The highest BCUT2D eigenvalue weighted by atomic mass is 32.2.